The quantitative estimate of drug-likeness (QED) is 0.274. The molecule has 1 aliphatic heterocycles. The van der Waals surface area contributed by atoms with E-state index in [4.69, 9.17) is 4.74 Å². The lowest BCUT2D eigenvalue weighted by Crippen LogP contribution is -2.45. The fourth-order valence-corrected chi connectivity index (χ4v) is 4.92. The van der Waals surface area contributed by atoms with Crippen LogP contribution < -0.4 is 15.6 Å². The molecule has 11 heteroatoms. The summed E-state index contributed by atoms with van der Waals surface area (Å²) >= 11 is 0. The minimum absolute atomic E-state index is 0.105. The fourth-order valence-electron chi connectivity index (χ4n) is 4.92. The number of ether oxygens (including phenoxy) is 1. The van der Waals surface area contributed by atoms with Gasteiger partial charge in [-0.15, -0.1) is 0 Å². The van der Waals surface area contributed by atoms with Crippen LogP contribution in [0.2, 0.25) is 0 Å². The highest BCUT2D eigenvalue weighted by Gasteiger charge is 2.24. The molecule has 0 radical (unpaired) electrons. The van der Waals surface area contributed by atoms with Gasteiger partial charge < -0.3 is 25.0 Å². The smallest absolute Gasteiger partial charge is 0.273 e. The number of aromatic nitrogens is 2. The molecule has 3 aromatic carbocycles. The predicted octanol–water partition coefficient (Wildman–Crippen LogP) is 3.59. The number of amides is 1. The van der Waals surface area contributed by atoms with Crippen LogP contribution in [0, 0.1) is 11.6 Å². The Labute approximate surface area is 230 Å². The van der Waals surface area contributed by atoms with Crippen LogP contribution in [0.4, 0.5) is 20.2 Å². The number of nitrogens with zero attached hydrogens (tertiary/aromatic N) is 4. The lowest BCUT2D eigenvalue weighted by atomic mass is 10.0. The third-order valence-electron chi connectivity index (χ3n) is 7.04. The van der Waals surface area contributed by atoms with Crippen molar-refractivity contribution in [3.05, 3.63) is 89.1 Å². The van der Waals surface area contributed by atoms with E-state index in [0.717, 1.165) is 55.8 Å². The first-order valence-corrected chi connectivity index (χ1v) is 13.1. The van der Waals surface area contributed by atoms with Crippen molar-refractivity contribution in [1.82, 2.24) is 14.8 Å². The first-order valence-electron chi connectivity index (χ1n) is 13.1. The van der Waals surface area contributed by atoms with Crippen molar-refractivity contribution >= 4 is 28.2 Å². The van der Waals surface area contributed by atoms with E-state index in [1.165, 1.54) is 4.79 Å². The highest BCUT2D eigenvalue weighted by molar-refractivity contribution is 6.07. The maximum Gasteiger partial charge on any atom is 0.273 e. The lowest BCUT2D eigenvalue weighted by Gasteiger charge is -2.36. The summed E-state index contributed by atoms with van der Waals surface area (Å²) in [7, 11) is 3.73. The van der Waals surface area contributed by atoms with Crippen molar-refractivity contribution in [1.29, 1.82) is 0 Å². The van der Waals surface area contributed by atoms with Gasteiger partial charge in [-0.2, -0.15) is 9.89 Å². The first-order chi connectivity index (χ1) is 19.3. The lowest BCUT2D eigenvalue weighted by molar-refractivity contribution is 0.101. The van der Waals surface area contributed by atoms with Gasteiger partial charge in [0.25, 0.3) is 5.91 Å². The number of anilines is 2. The van der Waals surface area contributed by atoms with Gasteiger partial charge in [-0.25, -0.2) is 14.2 Å². The van der Waals surface area contributed by atoms with Gasteiger partial charge in [-0.05, 0) is 54.6 Å². The SMILES string of the molecule is COCCNc1cccc(C(=O)Nn2ncc3cc(C(O)c4cc(F)cc(F)c4)ccc32)c1N1CCN(C)CC1. The monoisotopic (exact) mass is 550 g/mol. The molecule has 2 heterocycles. The van der Waals surface area contributed by atoms with Crippen LogP contribution in [-0.2, 0) is 4.74 Å². The van der Waals surface area contributed by atoms with Crippen molar-refractivity contribution in [2.75, 3.05) is 69.1 Å². The number of hydrogen-bond donors (Lipinski definition) is 3. The van der Waals surface area contributed by atoms with E-state index in [2.05, 4.69) is 32.7 Å². The Hall–Kier alpha value is -4.06. The van der Waals surface area contributed by atoms with Crippen LogP contribution in [0.15, 0.2) is 60.8 Å². The fraction of sp³-hybridized carbons (Fsp3) is 0.310. The molecule has 5 rings (SSSR count). The topological polar surface area (TPSA) is 94.9 Å². The normalized spacial score (nSPS) is 14.9. The number of likely N-dealkylation sites (N-methyl/N-ethyl adjacent to an activating group) is 1. The summed E-state index contributed by atoms with van der Waals surface area (Å²) in [5.74, 6) is -1.85. The molecule has 1 amide bonds. The third-order valence-corrected chi connectivity index (χ3v) is 7.04. The van der Waals surface area contributed by atoms with E-state index in [1.807, 2.05) is 12.1 Å². The number of rotatable bonds is 9. The van der Waals surface area contributed by atoms with Crippen molar-refractivity contribution in [3.8, 4) is 0 Å². The molecule has 1 unspecified atom stereocenters. The van der Waals surface area contributed by atoms with Crippen LogP contribution in [0.1, 0.15) is 27.6 Å². The molecule has 0 aliphatic carbocycles. The molecule has 40 heavy (non-hydrogen) atoms. The van der Waals surface area contributed by atoms with Crippen LogP contribution in [0.3, 0.4) is 0 Å². The molecular formula is C29H32F2N6O3. The highest BCUT2D eigenvalue weighted by Crippen LogP contribution is 2.32. The first kappa shape index (κ1) is 27.5. The zero-order valence-corrected chi connectivity index (χ0v) is 22.4. The number of aliphatic hydroxyl groups excluding tert-OH is 1. The molecule has 1 aromatic heterocycles. The number of nitrogens with one attached hydrogen (secondary N) is 2. The Morgan fingerprint density at radius 2 is 1.80 bits per heavy atom. The molecule has 0 saturated carbocycles. The summed E-state index contributed by atoms with van der Waals surface area (Å²) in [6.07, 6.45) is 0.328. The number of aliphatic hydroxyl groups is 1. The van der Waals surface area contributed by atoms with Gasteiger partial charge in [0.15, 0.2) is 0 Å². The summed E-state index contributed by atoms with van der Waals surface area (Å²) in [4.78, 5) is 19.5. The number of piperazine rings is 1. The zero-order valence-electron chi connectivity index (χ0n) is 22.4. The molecule has 4 aromatic rings. The Kier molecular flexibility index (Phi) is 8.24. The van der Waals surface area contributed by atoms with Gasteiger partial charge in [0.05, 0.1) is 35.3 Å². The second kappa shape index (κ2) is 12.0. The van der Waals surface area contributed by atoms with E-state index in [0.29, 0.717) is 35.2 Å². The van der Waals surface area contributed by atoms with Crippen LogP contribution in [0.5, 0.6) is 0 Å². The Morgan fingerprint density at radius 3 is 2.52 bits per heavy atom. The van der Waals surface area contributed by atoms with Crippen LogP contribution in [0.25, 0.3) is 10.9 Å². The molecule has 9 nitrogen and oxygen atoms in total. The van der Waals surface area contributed by atoms with Gasteiger partial charge in [0, 0.05) is 51.3 Å². The van der Waals surface area contributed by atoms with Crippen molar-refractivity contribution in [3.63, 3.8) is 0 Å². The average Bonchev–Trinajstić information content (AvgIpc) is 3.34. The van der Waals surface area contributed by atoms with Crippen LogP contribution in [-0.4, -0.2) is 79.3 Å². The molecule has 3 N–H and O–H groups in total. The standard InChI is InChI=1S/C29H32F2N6O3/c1-35-9-11-36(12-10-35)27-24(4-3-5-25(27)32-8-13-40-2)29(39)34-37-26-7-6-19(14-21(26)18-33-37)28(38)20-15-22(30)17-23(31)16-20/h3-7,14-18,28,32,38H,8-13H2,1-2H3,(H,34,39). The van der Waals surface area contributed by atoms with E-state index >= 15 is 0 Å². The van der Waals surface area contributed by atoms with Crippen molar-refractivity contribution in [2.24, 2.45) is 0 Å². The Bertz CT molecular complexity index is 1480. The summed E-state index contributed by atoms with van der Waals surface area (Å²) in [5, 5.41) is 19.1. The van der Waals surface area contributed by atoms with Gasteiger partial charge in [-0.3, -0.25) is 4.79 Å². The van der Waals surface area contributed by atoms with Gasteiger partial charge >= 0.3 is 0 Å². The Balaban J connectivity index is 1.41. The molecule has 210 valence electrons. The van der Waals surface area contributed by atoms with Crippen molar-refractivity contribution < 1.29 is 23.4 Å². The Morgan fingerprint density at radius 1 is 1.05 bits per heavy atom. The van der Waals surface area contributed by atoms with Gasteiger partial charge in [-0.1, -0.05) is 12.1 Å². The summed E-state index contributed by atoms with van der Waals surface area (Å²) < 4.78 is 32.5. The summed E-state index contributed by atoms with van der Waals surface area (Å²) in [6, 6.07) is 13.5. The number of benzene rings is 3. The summed E-state index contributed by atoms with van der Waals surface area (Å²) in [5.41, 5.74) is 6.21. The minimum atomic E-state index is -1.23. The molecule has 1 saturated heterocycles. The largest absolute Gasteiger partial charge is 0.384 e. The predicted molar refractivity (Wildman–Crippen MR) is 150 cm³/mol. The van der Waals surface area contributed by atoms with Crippen molar-refractivity contribution in [2.45, 2.75) is 6.10 Å². The average molecular weight is 551 g/mol. The number of halogens is 2. The number of fused-ring (bicyclic) bond motifs is 1. The third kappa shape index (κ3) is 5.91. The molecule has 1 fully saturated rings. The number of hydrogen-bond acceptors (Lipinski definition) is 7. The van der Waals surface area contributed by atoms with E-state index in [-0.39, 0.29) is 11.5 Å². The van der Waals surface area contributed by atoms with Gasteiger partial charge in [0.2, 0.25) is 0 Å². The van der Waals surface area contributed by atoms with Gasteiger partial charge in [0.1, 0.15) is 17.7 Å². The molecule has 1 atom stereocenters. The molecule has 1 aliphatic rings. The number of para-hydroxylation sites is 1. The molecule has 0 spiro atoms. The highest BCUT2D eigenvalue weighted by atomic mass is 19.1. The second-order valence-electron chi connectivity index (χ2n) is 9.83. The van der Waals surface area contributed by atoms with E-state index < -0.39 is 17.7 Å². The van der Waals surface area contributed by atoms with E-state index in [9.17, 15) is 18.7 Å². The maximum atomic E-state index is 13.7. The second-order valence-corrected chi connectivity index (χ2v) is 9.83. The minimum Gasteiger partial charge on any atom is -0.384 e. The molecule has 0 bridgehead atoms. The number of carbonyl (C=O) groups is 1. The summed E-state index contributed by atoms with van der Waals surface area (Å²) in [6.45, 7) is 4.46. The number of methoxy groups -OCH3 is 1. The van der Waals surface area contributed by atoms with E-state index in [1.54, 1.807) is 37.6 Å². The number of carbonyl (C=O) groups excluding carboxylic acids is 1. The zero-order chi connectivity index (χ0) is 28.2. The van der Waals surface area contributed by atoms with Crippen LogP contribution >= 0.6 is 0 Å². The molecular weight excluding hydrogens is 518 g/mol. The maximum absolute atomic E-state index is 13.7.